The third-order valence-corrected chi connectivity index (χ3v) is 2.76. The molecule has 0 radical (unpaired) electrons. The zero-order chi connectivity index (χ0) is 10.1. The Balaban J connectivity index is -0.000000563. The minimum absolute atomic E-state index is 0. The van der Waals surface area contributed by atoms with E-state index in [-0.39, 0.29) is 22.3 Å². The molecule has 0 aromatic heterocycles. The van der Waals surface area contributed by atoms with Gasteiger partial charge in [0.25, 0.3) is 0 Å². The molecule has 1 atom stereocenters. The van der Waals surface area contributed by atoms with E-state index in [1.807, 2.05) is 6.08 Å². The summed E-state index contributed by atoms with van der Waals surface area (Å²) in [5.74, 6) is 0.737. The topological polar surface area (TPSA) is 0 Å². The maximum absolute atomic E-state index is 3.87. The molecule has 0 N–H and O–H groups in total. The summed E-state index contributed by atoms with van der Waals surface area (Å²) in [7, 11) is 0. The fourth-order valence-electron chi connectivity index (χ4n) is 1.63. The molecule has 0 aromatic carbocycles. The SMILES string of the molecule is C.C.C.C=C/C(=C\C=C(C)C)C1CC1(C)C. The van der Waals surface area contributed by atoms with E-state index in [9.17, 15) is 0 Å². The van der Waals surface area contributed by atoms with Gasteiger partial charge in [0.05, 0.1) is 0 Å². The highest BCUT2D eigenvalue weighted by atomic mass is 14.5. The molecule has 0 heterocycles. The second-order valence-electron chi connectivity index (χ2n) is 4.86. The fraction of sp³-hybridized carbons (Fsp3) is 0.625. The fourth-order valence-corrected chi connectivity index (χ4v) is 1.63. The van der Waals surface area contributed by atoms with E-state index in [1.165, 1.54) is 17.6 Å². The van der Waals surface area contributed by atoms with Gasteiger partial charge in [-0.15, -0.1) is 0 Å². The molecule has 1 rings (SSSR count). The van der Waals surface area contributed by atoms with E-state index in [0.29, 0.717) is 5.41 Å². The van der Waals surface area contributed by atoms with Gasteiger partial charge in [0, 0.05) is 0 Å². The van der Waals surface area contributed by atoms with Crippen molar-refractivity contribution in [1.82, 2.24) is 0 Å². The Morgan fingerprint density at radius 1 is 1.12 bits per heavy atom. The van der Waals surface area contributed by atoms with E-state index in [0.717, 1.165) is 5.92 Å². The molecule has 1 unspecified atom stereocenters. The molecule has 1 aliphatic rings. The zero-order valence-electron chi connectivity index (χ0n) is 9.22. The van der Waals surface area contributed by atoms with E-state index in [1.54, 1.807) is 0 Å². The number of rotatable bonds is 3. The summed E-state index contributed by atoms with van der Waals surface area (Å²) in [5.41, 5.74) is 3.25. The molecule has 1 fully saturated rings. The third-order valence-electron chi connectivity index (χ3n) is 2.76. The highest BCUT2D eigenvalue weighted by Crippen LogP contribution is 2.55. The predicted octanol–water partition coefficient (Wildman–Crippen LogP) is 6.02. The van der Waals surface area contributed by atoms with Gasteiger partial charge in [-0.3, -0.25) is 0 Å². The molecule has 0 nitrogen and oxygen atoms in total. The van der Waals surface area contributed by atoms with Crippen molar-refractivity contribution >= 4 is 0 Å². The van der Waals surface area contributed by atoms with E-state index in [2.05, 4.69) is 46.4 Å². The zero-order valence-corrected chi connectivity index (χ0v) is 9.22. The Kier molecular flexibility index (Phi) is 9.64. The summed E-state index contributed by atoms with van der Waals surface area (Å²) >= 11 is 0. The minimum atomic E-state index is 0. The third kappa shape index (κ3) is 5.34. The van der Waals surface area contributed by atoms with Crippen LogP contribution in [-0.2, 0) is 0 Å². The highest BCUT2D eigenvalue weighted by molar-refractivity contribution is 5.32. The summed E-state index contributed by atoms with van der Waals surface area (Å²) in [4.78, 5) is 0. The van der Waals surface area contributed by atoms with Gasteiger partial charge in [0.1, 0.15) is 0 Å². The van der Waals surface area contributed by atoms with Gasteiger partial charge in [-0.05, 0) is 37.2 Å². The van der Waals surface area contributed by atoms with Crippen molar-refractivity contribution in [2.75, 3.05) is 0 Å². The summed E-state index contributed by atoms with van der Waals surface area (Å²) in [6.07, 6.45) is 7.69. The van der Waals surface area contributed by atoms with E-state index >= 15 is 0 Å². The molecule has 0 spiro atoms. The van der Waals surface area contributed by atoms with E-state index in [4.69, 9.17) is 0 Å². The Bertz CT molecular complexity index is 260. The smallest absolute Gasteiger partial charge is 0.0105 e. The van der Waals surface area contributed by atoms with Crippen molar-refractivity contribution in [3.05, 3.63) is 36.0 Å². The maximum Gasteiger partial charge on any atom is -0.0105 e. The molecule has 0 bridgehead atoms. The van der Waals surface area contributed by atoms with Gasteiger partial charge in [-0.2, -0.15) is 0 Å². The molecular weight excluding hydrogens is 192 g/mol. The van der Waals surface area contributed by atoms with Gasteiger partial charge in [-0.25, -0.2) is 0 Å². The lowest BCUT2D eigenvalue weighted by atomic mass is 10.0. The summed E-state index contributed by atoms with van der Waals surface area (Å²) in [6.45, 7) is 12.7. The first kappa shape index (κ1) is 20.6. The highest BCUT2D eigenvalue weighted by Gasteiger charge is 2.46. The van der Waals surface area contributed by atoms with Crippen molar-refractivity contribution < 1.29 is 0 Å². The monoisotopic (exact) mass is 224 g/mol. The molecule has 1 saturated carbocycles. The standard InChI is InChI=1S/C13H20.3CH4/c1-6-11(8-7-10(2)3)12-9-13(12,4)5;;;/h6-8,12H,1,9H2,2-5H3;3*1H4/b11-8+;;;. The summed E-state index contributed by atoms with van der Waals surface area (Å²) in [6, 6.07) is 0. The first-order valence-corrected chi connectivity index (χ1v) is 4.95. The van der Waals surface area contributed by atoms with Crippen molar-refractivity contribution in [3.8, 4) is 0 Å². The molecule has 0 aliphatic heterocycles. The van der Waals surface area contributed by atoms with Gasteiger partial charge >= 0.3 is 0 Å². The second-order valence-corrected chi connectivity index (χ2v) is 4.86. The van der Waals surface area contributed by atoms with Crippen molar-refractivity contribution in [2.24, 2.45) is 11.3 Å². The maximum atomic E-state index is 3.87. The first-order valence-electron chi connectivity index (χ1n) is 4.95. The quantitative estimate of drug-likeness (QED) is 0.514. The minimum Gasteiger partial charge on any atom is -0.0988 e. The van der Waals surface area contributed by atoms with Crippen LogP contribution in [0.5, 0.6) is 0 Å². The molecule has 0 amide bonds. The first-order chi connectivity index (χ1) is 5.97. The normalized spacial score (nSPS) is 20.5. The van der Waals surface area contributed by atoms with Gasteiger partial charge in [-0.1, -0.05) is 66.5 Å². The van der Waals surface area contributed by atoms with E-state index < -0.39 is 0 Å². The Hall–Kier alpha value is -0.780. The van der Waals surface area contributed by atoms with Crippen LogP contribution in [0.2, 0.25) is 0 Å². The van der Waals surface area contributed by atoms with Crippen LogP contribution in [0.3, 0.4) is 0 Å². The lowest BCUT2D eigenvalue weighted by Gasteiger charge is -2.03. The molecule has 0 heteroatoms. The average Bonchev–Trinajstić information content (AvgIpc) is 2.61. The van der Waals surface area contributed by atoms with Crippen LogP contribution < -0.4 is 0 Å². The van der Waals surface area contributed by atoms with Crippen LogP contribution in [0, 0.1) is 11.3 Å². The molecule has 0 saturated heterocycles. The lowest BCUT2D eigenvalue weighted by Crippen LogP contribution is -1.91. The Morgan fingerprint density at radius 3 is 1.81 bits per heavy atom. The number of allylic oxidation sites excluding steroid dienone is 5. The van der Waals surface area contributed by atoms with Crippen LogP contribution in [0.1, 0.15) is 56.4 Å². The second kappa shape index (κ2) is 7.49. The summed E-state index contributed by atoms with van der Waals surface area (Å²) in [5, 5.41) is 0. The molecule has 16 heavy (non-hydrogen) atoms. The van der Waals surface area contributed by atoms with Crippen LogP contribution in [-0.4, -0.2) is 0 Å². The molecule has 1 aliphatic carbocycles. The van der Waals surface area contributed by atoms with Crippen LogP contribution in [0.15, 0.2) is 36.0 Å². The Morgan fingerprint density at radius 2 is 1.56 bits per heavy atom. The molecule has 0 aromatic rings. The van der Waals surface area contributed by atoms with Crippen LogP contribution in [0.4, 0.5) is 0 Å². The van der Waals surface area contributed by atoms with Crippen molar-refractivity contribution in [3.63, 3.8) is 0 Å². The molecule has 96 valence electrons. The number of hydrogen-bond donors (Lipinski definition) is 0. The molecular formula is C16H32. The number of hydrogen-bond acceptors (Lipinski definition) is 0. The van der Waals surface area contributed by atoms with Gasteiger partial charge in [0.2, 0.25) is 0 Å². The van der Waals surface area contributed by atoms with Gasteiger partial charge < -0.3 is 0 Å². The average molecular weight is 224 g/mol. The largest absolute Gasteiger partial charge is 0.0988 e. The van der Waals surface area contributed by atoms with Crippen LogP contribution in [0.25, 0.3) is 0 Å². The van der Waals surface area contributed by atoms with Gasteiger partial charge in [0.15, 0.2) is 0 Å². The lowest BCUT2D eigenvalue weighted by molar-refractivity contribution is 0.602. The summed E-state index contributed by atoms with van der Waals surface area (Å²) < 4.78 is 0. The Labute approximate surface area is 104 Å². The van der Waals surface area contributed by atoms with Crippen LogP contribution >= 0.6 is 0 Å². The van der Waals surface area contributed by atoms with Crippen molar-refractivity contribution in [2.45, 2.75) is 56.4 Å². The van der Waals surface area contributed by atoms with Crippen molar-refractivity contribution in [1.29, 1.82) is 0 Å². The predicted molar refractivity (Wildman–Crippen MR) is 79.8 cm³/mol.